The molecule has 0 aliphatic carbocycles. The van der Waals surface area contributed by atoms with Crippen LogP contribution in [0.3, 0.4) is 0 Å². The second kappa shape index (κ2) is 10.6. The number of piperazine rings is 1. The van der Waals surface area contributed by atoms with Gasteiger partial charge in [0.05, 0.1) is 11.5 Å². The summed E-state index contributed by atoms with van der Waals surface area (Å²) in [5, 5.41) is 0. The predicted octanol–water partition coefficient (Wildman–Crippen LogP) is 3.61. The number of rotatable bonds is 9. The van der Waals surface area contributed by atoms with Crippen molar-refractivity contribution in [2.75, 3.05) is 45.9 Å². The van der Waals surface area contributed by atoms with Gasteiger partial charge in [-0.1, -0.05) is 32.9 Å². The van der Waals surface area contributed by atoms with Gasteiger partial charge in [-0.15, -0.1) is 0 Å². The quantitative estimate of drug-likeness (QED) is 0.551. The molecular formula is C23H38N2O4S. The van der Waals surface area contributed by atoms with Gasteiger partial charge in [0, 0.05) is 39.3 Å². The molecule has 2 saturated heterocycles. The molecule has 0 N–H and O–H groups in total. The molecule has 2 fully saturated rings. The highest BCUT2D eigenvalue weighted by Crippen LogP contribution is 2.28. The predicted molar refractivity (Wildman–Crippen MR) is 119 cm³/mol. The topological polar surface area (TPSA) is 59.1 Å². The Morgan fingerprint density at radius 1 is 1.10 bits per heavy atom. The molecular weight excluding hydrogens is 400 g/mol. The lowest BCUT2D eigenvalue weighted by Gasteiger charge is -2.34. The summed E-state index contributed by atoms with van der Waals surface area (Å²) in [7, 11) is -3.43. The monoisotopic (exact) mass is 438 g/mol. The summed E-state index contributed by atoms with van der Waals surface area (Å²) in [5.41, 5.74) is 1.23. The Hall–Kier alpha value is -0.990. The van der Waals surface area contributed by atoms with Gasteiger partial charge in [0.25, 0.3) is 0 Å². The number of benzene rings is 1. The van der Waals surface area contributed by atoms with Crippen LogP contribution in [0.15, 0.2) is 29.2 Å². The maximum absolute atomic E-state index is 13.0. The first-order valence-electron chi connectivity index (χ1n) is 11.4. The minimum absolute atomic E-state index is 0.0324. The van der Waals surface area contributed by atoms with E-state index in [-0.39, 0.29) is 11.7 Å². The minimum atomic E-state index is -3.43. The molecule has 1 aromatic carbocycles. The molecule has 6 nitrogen and oxygen atoms in total. The largest absolute Gasteiger partial charge is 0.353 e. The fourth-order valence-corrected chi connectivity index (χ4v) is 5.39. The third-order valence-electron chi connectivity index (χ3n) is 6.55. The number of nitrogens with zero attached hydrogens (tertiary/aromatic N) is 2. The van der Waals surface area contributed by atoms with Crippen LogP contribution < -0.4 is 0 Å². The second-order valence-corrected chi connectivity index (χ2v) is 11.0. The number of ether oxygens (including phenoxy) is 2. The molecule has 2 aliphatic rings. The van der Waals surface area contributed by atoms with Crippen LogP contribution in [-0.2, 0) is 24.9 Å². The maximum atomic E-state index is 13.0. The van der Waals surface area contributed by atoms with Crippen molar-refractivity contribution in [3.63, 3.8) is 0 Å². The van der Waals surface area contributed by atoms with E-state index >= 15 is 0 Å². The number of sulfonamides is 1. The zero-order chi connectivity index (χ0) is 21.6. The molecule has 2 aliphatic heterocycles. The smallest absolute Gasteiger partial charge is 0.243 e. The molecule has 3 rings (SSSR count). The summed E-state index contributed by atoms with van der Waals surface area (Å²) >= 11 is 0. The highest BCUT2D eigenvalue weighted by molar-refractivity contribution is 7.89. The van der Waals surface area contributed by atoms with Crippen molar-refractivity contribution in [1.82, 2.24) is 9.21 Å². The number of hydrogen-bond donors (Lipinski definition) is 0. The van der Waals surface area contributed by atoms with Gasteiger partial charge < -0.3 is 14.4 Å². The SMILES string of the molecule is CCC(C)(C)c1ccc(S(=O)(=O)N2CCN(CCCOC3CCCCO3)CC2)cc1. The van der Waals surface area contributed by atoms with E-state index in [0.717, 1.165) is 51.9 Å². The molecule has 0 bridgehead atoms. The van der Waals surface area contributed by atoms with Gasteiger partial charge in [0.15, 0.2) is 6.29 Å². The molecule has 1 atom stereocenters. The fourth-order valence-electron chi connectivity index (χ4n) is 3.97. The first-order chi connectivity index (χ1) is 14.3. The Bertz CT molecular complexity index is 750. The van der Waals surface area contributed by atoms with Crippen molar-refractivity contribution in [3.05, 3.63) is 29.8 Å². The highest BCUT2D eigenvalue weighted by atomic mass is 32.2. The van der Waals surface area contributed by atoms with Gasteiger partial charge >= 0.3 is 0 Å². The fraction of sp³-hybridized carbons (Fsp3) is 0.739. The van der Waals surface area contributed by atoms with Crippen molar-refractivity contribution in [2.45, 2.75) is 69.5 Å². The summed E-state index contributed by atoms with van der Waals surface area (Å²) in [5.74, 6) is 0. The Kier molecular flexibility index (Phi) is 8.32. The van der Waals surface area contributed by atoms with E-state index in [9.17, 15) is 8.42 Å². The average Bonchev–Trinajstić information content (AvgIpc) is 2.78. The lowest BCUT2D eigenvalue weighted by atomic mass is 9.82. The Morgan fingerprint density at radius 2 is 1.80 bits per heavy atom. The van der Waals surface area contributed by atoms with Crippen LogP contribution in [-0.4, -0.2) is 69.9 Å². The lowest BCUT2D eigenvalue weighted by molar-refractivity contribution is -0.163. The van der Waals surface area contributed by atoms with Gasteiger partial charge in [0.2, 0.25) is 10.0 Å². The molecule has 0 amide bonds. The van der Waals surface area contributed by atoms with E-state index in [4.69, 9.17) is 9.47 Å². The van der Waals surface area contributed by atoms with Crippen LogP contribution in [0.5, 0.6) is 0 Å². The van der Waals surface area contributed by atoms with Crippen LogP contribution >= 0.6 is 0 Å². The average molecular weight is 439 g/mol. The van der Waals surface area contributed by atoms with Crippen molar-refractivity contribution >= 4 is 10.0 Å². The molecule has 2 heterocycles. The van der Waals surface area contributed by atoms with Gasteiger partial charge in [-0.25, -0.2) is 8.42 Å². The minimum Gasteiger partial charge on any atom is -0.353 e. The van der Waals surface area contributed by atoms with Gasteiger partial charge in [0.1, 0.15) is 0 Å². The molecule has 0 saturated carbocycles. The van der Waals surface area contributed by atoms with Crippen molar-refractivity contribution in [3.8, 4) is 0 Å². The van der Waals surface area contributed by atoms with E-state index in [1.54, 1.807) is 16.4 Å². The molecule has 30 heavy (non-hydrogen) atoms. The third-order valence-corrected chi connectivity index (χ3v) is 8.46. The standard InChI is InChI=1S/C23H38N2O4S/c1-4-23(2,3)20-9-11-21(12-10-20)30(26,27)25-16-14-24(15-17-25)13-7-19-29-22-8-5-6-18-28-22/h9-12,22H,4-8,13-19H2,1-3H3. The maximum Gasteiger partial charge on any atom is 0.243 e. The third kappa shape index (κ3) is 6.04. The molecule has 0 radical (unpaired) electrons. The molecule has 170 valence electrons. The first kappa shape index (κ1) is 23.7. The van der Waals surface area contributed by atoms with Crippen molar-refractivity contribution in [1.29, 1.82) is 0 Å². The van der Waals surface area contributed by atoms with Crippen molar-refractivity contribution < 1.29 is 17.9 Å². The normalized spacial score (nSPS) is 22.3. The van der Waals surface area contributed by atoms with Gasteiger partial charge in [-0.05, 0) is 55.2 Å². The zero-order valence-corrected chi connectivity index (χ0v) is 19.6. The van der Waals surface area contributed by atoms with Crippen LogP contribution in [0.1, 0.15) is 58.4 Å². The van der Waals surface area contributed by atoms with Crippen LogP contribution in [0.25, 0.3) is 0 Å². The van der Waals surface area contributed by atoms with Gasteiger partial charge in [-0.3, -0.25) is 0 Å². The Balaban J connectivity index is 1.44. The molecule has 1 aromatic rings. The zero-order valence-electron chi connectivity index (χ0n) is 18.8. The lowest BCUT2D eigenvalue weighted by Crippen LogP contribution is -2.48. The van der Waals surface area contributed by atoms with E-state index in [2.05, 4.69) is 25.7 Å². The van der Waals surface area contributed by atoms with E-state index in [1.165, 1.54) is 12.0 Å². The highest BCUT2D eigenvalue weighted by Gasteiger charge is 2.29. The van der Waals surface area contributed by atoms with Crippen molar-refractivity contribution in [2.24, 2.45) is 0 Å². The van der Waals surface area contributed by atoms with E-state index in [1.807, 2.05) is 12.1 Å². The summed E-state index contributed by atoms with van der Waals surface area (Å²) in [4.78, 5) is 2.72. The molecule has 7 heteroatoms. The summed E-state index contributed by atoms with van der Waals surface area (Å²) < 4.78 is 39.1. The second-order valence-electron chi connectivity index (χ2n) is 9.03. The summed E-state index contributed by atoms with van der Waals surface area (Å²) in [6.45, 7) is 11.6. The number of hydrogen-bond acceptors (Lipinski definition) is 5. The Morgan fingerprint density at radius 3 is 2.40 bits per heavy atom. The van der Waals surface area contributed by atoms with Crippen LogP contribution in [0.2, 0.25) is 0 Å². The Labute approximate surface area is 182 Å². The van der Waals surface area contributed by atoms with E-state index in [0.29, 0.717) is 24.6 Å². The van der Waals surface area contributed by atoms with Crippen LogP contribution in [0, 0.1) is 0 Å². The molecule has 0 spiro atoms. The first-order valence-corrected chi connectivity index (χ1v) is 12.8. The molecule has 0 aromatic heterocycles. The van der Waals surface area contributed by atoms with Gasteiger partial charge in [-0.2, -0.15) is 4.31 Å². The van der Waals surface area contributed by atoms with Crippen LogP contribution in [0.4, 0.5) is 0 Å². The summed E-state index contributed by atoms with van der Waals surface area (Å²) in [6.07, 6.45) is 5.23. The summed E-state index contributed by atoms with van der Waals surface area (Å²) in [6, 6.07) is 7.45. The van der Waals surface area contributed by atoms with E-state index < -0.39 is 10.0 Å². The molecule has 1 unspecified atom stereocenters.